The summed E-state index contributed by atoms with van der Waals surface area (Å²) in [6.07, 6.45) is 0. The van der Waals surface area contributed by atoms with E-state index in [4.69, 9.17) is 0 Å². The molecule has 7 heteroatoms. The Hall–Kier alpha value is -0.500. The van der Waals surface area contributed by atoms with Crippen LogP contribution in [0.4, 0.5) is 4.39 Å². The highest BCUT2D eigenvalue weighted by Crippen LogP contribution is 2.26. The monoisotopic (exact) mass is 366 g/mol. The number of rotatable bonds is 6. The summed E-state index contributed by atoms with van der Waals surface area (Å²) in [5.41, 5.74) is 0.331. The molecule has 0 bridgehead atoms. The lowest BCUT2D eigenvalue weighted by Gasteiger charge is -2.22. The fourth-order valence-corrected chi connectivity index (χ4v) is 3.78. The van der Waals surface area contributed by atoms with Gasteiger partial charge in [-0.1, -0.05) is 22.9 Å². The van der Waals surface area contributed by atoms with Crippen LogP contribution in [-0.2, 0) is 16.6 Å². The molecule has 0 saturated carbocycles. The fourth-order valence-electron chi connectivity index (χ4n) is 1.63. The molecule has 114 valence electrons. The molecule has 1 rings (SSSR count). The van der Waals surface area contributed by atoms with E-state index >= 15 is 0 Å². The van der Waals surface area contributed by atoms with E-state index in [2.05, 4.69) is 21.2 Å². The second kappa shape index (κ2) is 6.98. The number of sulfonamides is 1. The average Bonchev–Trinajstić information content (AvgIpc) is 2.37. The molecule has 0 fully saturated rings. The Balaban J connectivity index is 3.35. The largest absolute Gasteiger partial charge is 0.313 e. The highest BCUT2D eigenvalue weighted by Gasteiger charge is 2.28. The third kappa shape index (κ3) is 3.78. The Morgan fingerprint density at radius 2 is 2.00 bits per heavy atom. The summed E-state index contributed by atoms with van der Waals surface area (Å²) in [7, 11) is -2.39. The van der Waals surface area contributed by atoms with Gasteiger partial charge in [0.05, 0.1) is 0 Å². The summed E-state index contributed by atoms with van der Waals surface area (Å²) in [5, 5.41) is 2.99. The van der Waals surface area contributed by atoms with Gasteiger partial charge in [-0.25, -0.2) is 12.8 Å². The molecular weight excluding hydrogens is 347 g/mol. The van der Waals surface area contributed by atoms with Gasteiger partial charge in [-0.2, -0.15) is 4.31 Å². The van der Waals surface area contributed by atoms with Gasteiger partial charge in [0.15, 0.2) is 0 Å². The molecule has 0 spiro atoms. The Bertz CT molecular complexity index is 576. The van der Waals surface area contributed by atoms with Crippen molar-refractivity contribution < 1.29 is 12.8 Å². The van der Waals surface area contributed by atoms with Crippen molar-refractivity contribution in [1.82, 2.24) is 9.62 Å². The number of nitrogens with one attached hydrogen (secondary N) is 1. The molecule has 0 unspecified atom stereocenters. The van der Waals surface area contributed by atoms with Crippen LogP contribution in [-0.4, -0.2) is 32.4 Å². The summed E-state index contributed by atoms with van der Waals surface area (Å²) >= 11 is 3.24. The van der Waals surface area contributed by atoms with Crippen LogP contribution in [0.25, 0.3) is 0 Å². The van der Waals surface area contributed by atoms with Gasteiger partial charge in [0.1, 0.15) is 10.7 Å². The van der Waals surface area contributed by atoms with Gasteiger partial charge in [-0.05, 0) is 32.5 Å². The molecule has 0 heterocycles. The van der Waals surface area contributed by atoms with Crippen molar-refractivity contribution in [2.45, 2.75) is 38.3 Å². The molecule has 0 aromatic heterocycles. The lowest BCUT2D eigenvalue weighted by Crippen LogP contribution is -2.33. The Kier molecular flexibility index (Phi) is 6.12. The highest BCUT2D eigenvalue weighted by atomic mass is 79.9. The minimum Gasteiger partial charge on any atom is -0.313 e. The van der Waals surface area contributed by atoms with Crippen LogP contribution in [0.3, 0.4) is 0 Å². The zero-order chi connectivity index (χ0) is 15.5. The topological polar surface area (TPSA) is 49.4 Å². The molecule has 1 aromatic carbocycles. The van der Waals surface area contributed by atoms with Gasteiger partial charge >= 0.3 is 0 Å². The molecule has 0 aliphatic carbocycles. The van der Waals surface area contributed by atoms with Crippen LogP contribution < -0.4 is 5.32 Å². The Morgan fingerprint density at radius 3 is 2.50 bits per heavy atom. The van der Waals surface area contributed by atoms with E-state index in [9.17, 15) is 12.8 Å². The van der Waals surface area contributed by atoms with Gasteiger partial charge < -0.3 is 5.32 Å². The van der Waals surface area contributed by atoms with E-state index in [1.54, 1.807) is 19.9 Å². The number of halogens is 2. The average molecular weight is 367 g/mol. The molecule has 0 atom stereocenters. The van der Waals surface area contributed by atoms with Crippen molar-refractivity contribution in [1.29, 1.82) is 0 Å². The lowest BCUT2D eigenvalue weighted by molar-refractivity contribution is 0.406. The first kappa shape index (κ1) is 17.6. The molecule has 1 aromatic rings. The van der Waals surface area contributed by atoms with Gasteiger partial charge in [0, 0.05) is 29.7 Å². The van der Waals surface area contributed by atoms with Crippen molar-refractivity contribution in [3.05, 3.63) is 28.0 Å². The van der Waals surface area contributed by atoms with Crippen LogP contribution in [0.5, 0.6) is 0 Å². The summed E-state index contributed by atoms with van der Waals surface area (Å²) in [5.74, 6) is -0.693. The maximum absolute atomic E-state index is 14.4. The van der Waals surface area contributed by atoms with Crippen LogP contribution >= 0.6 is 15.9 Å². The standard InChI is InChI=1S/C13H20BrFN2O2S/c1-5-16-8-10-6-11(14)7-12(13(10)15)20(18,19)17(4)9(2)3/h6-7,9,16H,5,8H2,1-4H3. The van der Waals surface area contributed by atoms with Crippen LogP contribution in [0, 0.1) is 5.82 Å². The summed E-state index contributed by atoms with van der Waals surface area (Å²) in [4.78, 5) is -0.295. The van der Waals surface area contributed by atoms with Gasteiger partial charge in [0.2, 0.25) is 10.0 Å². The molecule has 0 aliphatic rings. The van der Waals surface area contributed by atoms with E-state index < -0.39 is 15.8 Å². The maximum atomic E-state index is 14.4. The summed E-state index contributed by atoms with van der Waals surface area (Å²) < 4.78 is 41.0. The van der Waals surface area contributed by atoms with Crippen LogP contribution in [0.2, 0.25) is 0 Å². The first-order valence-electron chi connectivity index (χ1n) is 6.38. The van der Waals surface area contributed by atoms with E-state index in [-0.39, 0.29) is 17.5 Å². The normalized spacial score (nSPS) is 12.4. The SMILES string of the molecule is CCNCc1cc(Br)cc(S(=O)(=O)N(C)C(C)C)c1F. The second-order valence-corrected chi connectivity index (χ2v) is 7.65. The molecule has 1 N–H and O–H groups in total. The predicted octanol–water partition coefficient (Wildman–Crippen LogP) is 2.73. The van der Waals surface area contributed by atoms with E-state index in [1.807, 2.05) is 6.92 Å². The summed E-state index contributed by atoms with van der Waals surface area (Å²) in [6, 6.07) is 2.65. The molecule has 0 aliphatic heterocycles. The van der Waals surface area contributed by atoms with Crippen molar-refractivity contribution in [2.24, 2.45) is 0 Å². The highest BCUT2D eigenvalue weighted by molar-refractivity contribution is 9.10. The lowest BCUT2D eigenvalue weighted by atomic mass is 10.2. The molecule has 20 heavy (non-hydrogen) atoms. The molecule has 0 amide bonds. The van der Waals surface area contributed by atoms with Gasteiger partial charge in [-0.15, -0.1) is 0 Å². The van der Waals surface area contributed by atoms with Crippen molar-refractivity contribution in [3.63, 3.8) is 0 Å². The first-order chi connectivity index (χ1) is 9.21. The zero-order valence-electron chi connectivity index (χ0n) is 12.1. The molecule has 0 saturated heterocycles. The van der Waals surface area contributed by atoms with E-state index in [1.165, 1.54) is 13.1 Å². The maximum Gasteiger partial charge on any atom is 0.246 e. The van der Waals surface area contributed by atoms with Crippen LogP contribution in [0.15, 0.2) is 21.5 Å². The van der Waals surface area contributed by atoms with Crippen molar-refractivity contribution >= 4 is 26.0 Å². The number of hydrogen-bond acceptors (Lipinski definition) is 3. The van der Waals surface area contributed by atoms with Gasteiger partial charge in [-0.3, -0.25) is 0 Å². The zero-order valence-corrected chi connectivity index (χ0v) is 14.5. The third-order valence-electron chi connectivity index (χ3n) is 3.03. The molecule has 0 radical (unpaired) electrons. The quantitative estimate of drug-likeness (QED) is 0.841. The van der Waals surface area contributed by atoms with E-state index in [0.717, 1.165) is 4.31 Å². The summed E-state index contributed by atoms with van der Waals surface area (Å²) in [6.45, 7) is 6.36. The third-order valence-corrected chi connectivity index (χ3v) is 5.52. The van der Waals surface area contributed by atoms with Crippen LogP contribution in [0.1, 0.15) is 26.3 Å². The minimum absolute atomic E-state index is 0.240. The Morgan fingerprint density at radius 1 is 1.40 bits per heavy atom. The fraction of sp³-hybridized carbons (Fsp3) is 0.538. The molecular formula is C13H20BrFN2O2S. The predicted molar refractivity (Wildman–Crippen MR) is 81.6 cm³/mol. The smallest absolute Gasteiger partial charge is 0.246 e. The first-order valence-corrected chi connectivity index (χ1v) is 8.61. The minimum atomic E-state index is -3.84. The van der Waals surface area contributed by atoms with Gasteiger partial charge in [0.25, 0.3) is 0 Å². The van der Waals surface area contributed by atoms with Crippen molar-refractivity contribution in [2.75, 3.05) is 13.6 Å². The number of nitrogens with zero attached hydrogens (tertiary/aromatic N) is 1. The number of hydrogen-bond donors (Lipinski definition) is 1. The molecule has 4 nitrogen and oxygen atoms in total. The second-order valence-electron chi connectivity index (χ2n) is 4.77. The van der Waals surface area contributed by atoms with E-state index in [0.29, 0.717) is 16.6 Å². The van der Waals surface area contributed by atoms with Crippen molar-refractivity contribution in [3.8, 4) is 0 Å². The number of benzene rings is 1. The Labute approximate surface area is 128 Å².